The highest BCUT2D eigenvalue weighted by Crippen LogP contribution is 2.30. The molecule has 284 valence electrons. The SMILES string of the molecule is COc1ccc(S(=O)(=O)N(C)C[C@@H]2OCCCC[C@@H](C)Oc3ccc(NC(=O)Nc4cccc5ccccc45)cc3C(=O)N([C@H](C)CO)C[C@@H]2C)cc1. The Bertz CT molecular complexity index is 1970. The summed E-state index contributed by atoms with van der Waals surface area (Å²) in [5, 5.41) is 17.9. The van der Waals surface area contributed by atoms with Crippen molar-refractivity contribution in [2.75, 3.05) is 51.1 Å². The Morgan fingerprint density at radius 3 is 2.49 bits per heavy atom. The van der Waals surface area contributed by atoms with Crippen LogP contribution in [0.25, 0.3) is 10.8 Å². The molecule has 3 N–H and O–H groups in total. The van der Waals surface area contributed by atoms with Crippen molar-refractivity contribution >= 4 is 44.1 Å². The van der Waals surface area contributed by atoms with E-state index in [1.165, 1.54) is 30.6 Å². The van der Waals surface area contributed by atoms with Crippen LogP contribution in [-0.2, 0) is 14.8 Å². The van der Waals surface area contributed by atoms with Gasteiger partial charge < -0.3 is 34.9 Å². The molecule has 1 heterocycles. The Hall–Kier alpha value is -4.69. The average molecular weight is 747 g/mol. The number of hydrogen-bond donors (Lipinski definition) is 3. The van der Waals surface area contributed by atoms with E-state index < -0.39 is 34.1 Å². The Morgan fingerprint density at radius 1 is 1.02 bits per heavy atom. The summed E-state index contributed by atoms with van der Waals surface area (Å²) in [5.74, 6) is 0.153. The van der Waals surface area contributed by atoms with Crippen molar-refractivity contribution < 1.29 is 37.3 Å². The topological polar surface area (TPSA) is 147 Å². The van der Waals surface area contributed by atoms with Crippen LogP contribution in [-0.4, -0.2) is 93.4 Å². The van der Waals surface area contributed by atoms with Crippen molar-refractivity contribution in [3.8, 4) is 11.5 Å². The van der Waals surface area contributed by atoms with Gasteiger partial charge in [-0.3, -0.25) is 4.79 Å². The number of carbonyl (C=O) groups excluding carboxylic acids is 2. The molecule has 0 aliphatic carbocycles. The first-order valence-corrected chi connectivity index (χ1v) is 19.4. The third kappa shape index (κ3) is 9.85. The number of aliphatic hydroxyl groups excluding tert-OH is 1. The summed E-state index contributed by atoms with van der Waals surface area (Å²) in [6.07, 6.45) is 1.39. The van der Waals surface area contributed by atoms with Crippen molar-refractivity contribution in [1.82, 2.24) is 9.21 Å². The van der Waals surface area contributed by atoms with Gasteiger partial charge >= 0.3 is 6.03 Å². The van der Waals surface area contributed by atoms with Crippen LogP contribution in [0.2, 0.25) is 0 Å². The number of nitrogens with zero attached hydrogens (tertiary/aromatic N) is 2. The zero-order valence-corrected chi connectivity index (χ0v) is 31.8. The lowest BCUT2D eigenvalue weighted by Gasteiger charge is -2.35. The molecule has 4 aromatic carbocycles. The van der Waals surface area contributed by atoms with E-state index in [1.54, 1.807) is 42.2 Å². The van der Waals surface area contributed by atoms with Crippen LogP contribution in [0.15, 0.2) is 89.8 Å². The first kappa shape index (κ1) is 39.5. The van der Waals surface area contributed by atoms with E-state index in [0.29, 0.717) is 35.9 Å². The zero-order valence-electron chi connectivity index (χ0n) is 30.9. The Kier molecular flexibility index (Phi) is 13.3. The minimum absolute atomic E-state index is 0.0427. The Morgan fingerprint density at radius 2 is 1.75 bits per heavy atom. The monoisotopic (exact) mass is 746 g/mol. The molecule has 1 aliphatic rings. The highest BCUT2D eigenvalue weighted by atomic mass is 32.2. The Balaban J connectivity index is 1.41. The first-order valence-electron chi connectivity index (χ1n) is 17.9. The van der Waals surface area contributed by atoms with Gasteiger partial charge in [-0.15, -0.1) is 0 Å². The minimum atomic E-state index is -3.87. The molecule has 0 spiro atoms. The van der Waals surface area contributed by atoms with Gasteiger partial charge in [0.15, 0.2) is 0 Å². The average Bonchev–Trinajstić information content (AvgIpc) is 3.16. The van der Waals surface area contributed by atoms with E-state index in [2.05, 4.69) is 10.6 Å². The number of likely N-dealkylation sites (N-methyl/N-ethyl adjacent to an activating group) is 1. The number of carbonyl (C=O) groups is 2. The minimum Gasteiger partial charge on any atom is -0.497 e. The maximum absolute atomic E-state index is 14.5. The predicted octanol–water partition coefficient (Wildman–Crippen LogP) is 6.61. The summed E-state index contributed by atoms with van der Waals surface area (Å²) in [4.78, 5) is 29.4. The summed E-state index contributed by atoms with van der Waals surface area (Å²) in [6, 6.07) is 23.5. The lowest BCUT2D eigenvalue weighted by Crippen LogP contribution is -2.48. The van der Waals surface area contributed by atoms with Crippen LogP contribution in [0.1, 0.15) is 50.4 Å². The lowest BCUT2D eigenvalue weighted by atomic mass is 10.0. The van der Waals surface area contributed by atoms with Gasteiger partial charge in [0, 0.05) is 43.7 Å². The van der Waals surface area contributed by atoms with E-state index in [1.807, 2.05) is 56.3 Å². The van der Waals surface area contributed by atoms with Crippen molar-refractivity contribution in [3.63, 3.8) is 0 Å². The van der Waals surface area contributed by atoms with Gasteiger partial charge in [-0.2, -0.15) is 4.31 Å². The summed E-state index contributed by atoms with van der Waals surface area (Å²) >= 11 is 0. The fourth-order valence-corrected chi connectivity index (χ4v) is 7.54. The highest BCUT2D eigenvalue weighted by molar-refractivity contribution is 7.89. The predicted molar refractivity (Wildman–Crippen MR) is 206 cm³/mol. The number of methoxy groups -OCH3 is 1. The molecule has 0 radical (unpaired) electrons. The number of nitrogens with one attached hydrogen (secondary N) is 2. The van der Waals surface area contributed by atoms with Crippen molar-refractivity contribution in [3.05, 3.63) is 90.5 Å². The standard InChI is InChI=1S/C40H50N4O8S/c1-27-24-44(28(2)26-45)39(46)35-23-31(41-40(47)42-36-15-10-13-30-12-6-7-14-34(30)36)16-21-37(35)52-29(3)11-8-9-22-51-38(27)25-43(4)53(48,49)33-19-17-32(50-5)18-20-33/h6-7,10,12-21,23,27-29,38,45H,8-9,11,22,24-26H2,1-5H3,(H2,41,42,47)/t27-,28+,29+,38-/m0/s1. The van der Waals surface area contributed by atoms with E-state index in [4.69, 9.17) is 14.2 Å². The van der Waals surface area contributed by atoms with Crippen LogP contribution in [0.4, 0.5) is 16.2 Å². The van der Waals surface area contributed by atoms with Crippen LogP contribution in [0, 0.1) is 5.92 Å². The molecule has 4 atom stereocenters. The summed E-state index contributed by atoms with van der Waals surface area (Å²) in [7, 11) is -0.834. The molecule has 0 bridgehead atoms. The number of anilines is 2. The molecule has 0 aromatic heterocycles. The molecule has 0 saturated carbocycles. The number of benzene rings is 4. The van der Waals surface area contributed by atoms with E-state index >= 15 is 0 Å². The largest absolute Gasteiger partial charge is 0.497 e. The van der Waals surface area contributed by atoms with Crippen LogP contribution < -0.4 is 20.1 Å². The second kappa shape index (κ2) is 17.9. The molecular weight excluding hydrogens is 697 g/mol. The molecule has 13 heteroatoms. The number of ether oxygens (including phenoxy) is 3. The molecule has 12 nitrogen and oxygen atoms in total. The molecule has 0 unspecified atom stereocenters. The molecule has 4 aromatic rings. The van der Waals surface area contributed by atoms with E-state index in [0.717, 1.165) is 23.6 Å². The number of hydrogen-bond acceptors (Lipinski definition) is 8. The third-order valence-electron chi connectivity index (χ3n) is 9.55. The van der Waals surface area contributed by atoms with E-state index in [-0.39, 0.29) is 42.2 Å². The lowest BCUT2D eigenvalue weighted by molar-refractivity contribution is -0.00834. The van der Waals surface area contributed by atoms with Crippen LogP contribution >= 0.6 is 0 Å². The molecular formula is C40H50N4O8S. The number of rotatable bonds is 9. The number of sulfonamides is 1. The number of amides is 3. The van der Waals surface area contributed by atoms with Crippen LogP contribution in [0.5, 0.6) is 11.5 Å². The molecule has 0 saturated heterocycles. The van der Waals surface area contributed by atoms with Crippen molar-refractivity contribution in [2.24, 2.45) is 5.92 Å². The number of fused-ring (bicyclic) bond motifs is 2. The molecule has 5 rings (SSSR count). The third-order valence-corrected chi connectivity index (χ3v) is 11.4. The maximum Gasteiger partial charge on any atom is 0.323 e. The fraction of sp³-hybridized carbons (Fsp3) is 0.400. The quantitative estimate of drug-likeness (QED) is 0.174. The molecule has 1 aliphatic heterocycles. The number of aliphatic hydroxyl groups is 1. The van der Waals surface area contributed by atoms with Crippen molar-refractivity contribution in [2.45, 2.75) is 63.2 Å². The smallest absolute Gasteiger partial charge is 0.323 e. The summed E-state index contributed by atoms with van der Waals surface area (Å²) in [5.41, 5.74) is 1.24. The number of urea groups is 1. The zero-order chi connectivity index (χ0) is 38.1. The van der Waals surface area contributed by atoms with Gasteiger partial charge in [0.1, 0.15) is 11.5 Å². The van der Waals surface area contributed by atoms with E-state index in [9.17, 15) is 23.1 Å². The maximum atomic E-state index is 14.5. The normalized spacial score (nSPS) is 19.5. The van der Waals surface area contributed by atoms with Gasteiger partial charge in [-0.25, -0.2) is 13.2 Å². The van der Waals surface area contributed by atoms with Crippen LogP contribution in [0.3, 0.4) is 0 Å². The summed E-state index contributed by atoms with van der Waals surface area (Å²) in [6.45, 7) is 5.86. The Labute approximate surface area is 312 Å². The fourth-order valence-electron chi connectivity index (χ4n) is 6.36. The van der Waals surface area contributed by atoms with Gasteiger partial charge in [0.2, 0.25) is 10.0 Å². The second-order valence-electron chi connectivity index (χ2n) is 13.6. The van der Waals surface area contributed by atoms with Crippen molar-refractivity contribution in [1.29, 1.82) is 0 Å². The van der Waals surface area contributed by atoms with Gasteiger partial charge in [-0.1, -0.05) is 43.3 Å². The van der Waals surface area contributed by atoms with Gasteiger partial charge in [-0.05, 0) is 87.0 Å². The molecule has 0 fully saturated rings. The summed E-state index contributed by atoms with van der Waals surface area (Å²) < 4.78 is 46.3. The highest BCUT2D eigenvalue weighted by Gasteiger charge is 2.32. The van der Waals surface area contributed by atoms with Gasteiger partial charge in [0.25, 0.3) is 5.91 Å². The second-order valence-corrected chi connectivity index (χ2v) is 15.6. The molecule has 53 heavy (non-hydrogen) atoms. The van der Waals surface area contributed by atoms with Gasteiger partial charge in [0.05, 0.1) is 48.1 Å². The first-order chi connectivity index (χ1) is 25.4. The molecule has 3 amide bonds.